The summed E-state index contributed by atoms with van der Waals surface area (Å²) in [5.41, 5.74) is 4.27. The van der Waals surface area contributed by atoms with E-state index in [1.165, 1.54) is 0 Å². The van der Waals surface area contributed by atoms with Gasteiger partial charge in [0.25, 0.3) is 0 Å². The number of ether oxygens (including phenoxy) is 1. The van der Waals surface area contributed by atoms with E-state index in [0.717, 1.165) is 27.7 Å². The molecule has 0 aliphatic carbocycles. The molecule has 0 atom stereocenters. The standard InChI is InChI=1S/C19H22N4O3/c1-6-25-19(24)15-9-20-17-12(3)11(2)7-8-14(17)18(15)23(5)10-16-21-13(4)26-22-16/h7-9H,6,10H2,1-5H3. The van der Waals surface area contributed by atoms with Gasteiger partial charge in [-0.3, -0.25) is 4.98 Å². The number of hydrogen-bond acceptors (Lipinski definition) is 7. The first-order valence-electron chi connectivity index (χ1n) is 8.48. The van der Waals surface area contributed by atoms with Gasteiger partial charge >= 0.3 is 5.97 Å². The Morgan fingerprint density at radius 1 is 1.27 bits per heavy atom. The highest BCUT2D eigenvalue weighted by Gasteiger charge is 2.21. The van der Waals surface area contributed by atoms with E-state index in [2.05, 4.69) is 15.1 Å². The summed E-state index contributed by atoms with van der Waals surface area (Å²) in [6.07, 6.45) is 1.58. The molecule has 2 heterocycles. The zero-order valence-corrected chi connectivity index (χ0v) is 15.7. The van der Waals surface area contributed by atoms with Crippen LogP contribution >= 0.6 is 0 Å². The van der Waals surface area contributed by atoms with Crippen LogP contribution in [0, 0.1) is 20.8 Å². The molecule has 1 aromatic carbocycles. The minimum Gasteiger partial charge on any atom is -0.462 e. The fraction of sp³-hybridized carbons (Fsp3) is 0.368. The van der Waals surface area contributed by atoms with Crippen molar-refractivity contribution in [3.63, 3.8) is 0 Å². The fourth-order valence-corrected chi connectivity index (χ4v) is 2.96. The average molecular weight is 354 g/mol. The van der Waals surface area contributed by atoms with Crippen molar-refractivity contribution in [1.29, 1.82) is 0 Å². The first-order valence-corrected chi connectivity index (χ1v) is 8.48. The van der Waals surface area contributed by atoms with Crippen molar-refractivity contribution in [3.8, 4) is 0 Å². The van der Waals surface area contributed by atoms with Gasteiger partial charge in [-0.1, -0.05) is 17.3 Å². The number of carbonyl (C=O) groups excluding carboxylic acids is 1. The maximum Gasteiger partial charge on any atom is 0.341 e. The predicted octanol–water partition coefficient (Wildman–Crippen LogP) is 3.36. The molecular weight excluding hydrogens is 332 g/mol. The highest BCUT2D eigenvalue weighted by Crippen LogP contribution is 2.32. The molecule has 3 rings (SSSR count). The van der Waals surface area contributed by atoms with E-state index in [9.17, 15) is 4.79 Å². The van der Waals surface area contributed by atoms with Gasteiger partial charge in [-0.05, 0) is 31.9 Å². The van der Waals surface area contributed by atoms with Crippen molar-refractivity contribution in [2.45, 2.75) is 34.2 Å². The molecular formula is C19H22N4O3. The van der Waals surface area contributed by atoms with Crippen molar-refractivity contribution in [2.75, 3.05) is 18.6 Å². The van der Waals surface area contributed by atoms with Crippen LogP contribution < -0.4 is 4.90 Å². The number of rotatable bonds is 5. The van der Waals surface area contributed by atoms with Crippen LogP contribution in [0.4, 0.5) is 5.69 Å². The van der Waals surface area contributed by atoms with Crippen LogP contribution in [-0.4, -0.2) is 34.7 Å². The largest absolute Gasteiger partial charge is 0.462 e. The van der Waals surface area contributed by atoms with Crippen molar-refractivity contribution < 1.29 is 14.1 Å². The summed E-state index contributed by atoms with van der Waals surface area (Å²) < 4.78 is 10.3. The number of anilines is 1. The third-order valence-electron chi connectivity index (χ3n) is 4.36. The second-order valence-electron chi connectivity index (χ2n) is 6.23. The molecule has 0 unspecified atom stereocenters. The quantitative estimate of drug-likeness (QED) is 0.650. The minimum absolute atomic E-state index is 0.303. The van der Waals surface area contributed by atoms with Crippen LogP contribution in [0.1, 0.15) is 40.1 Å². The smallest absolute Gasteiger partial charge is 0.341 e. The van der Waals surface area contributed by atoms with Crippen molar-refractivity contribution >= 4 is 22.6 Å². The third kappa shape index (κ3) is 3.24. The van der Waals surface area contributed by atoms with Gasteiger partial charge in [0.05, 0.1) is 24.4 Å². The Morgan fingerprint density at radius 3 is 2.69 bits per heavy atom. The molecule has 0 aliphatic rings. The molecule has 0 bridgehead atoms. The van der Waals surface area contributed by atoms with Crippen molar-refractivity contribution in [3.05, 3.63) is 46.7 Å². The van der Waals surface area contributed by atoms with Crippen LogP contribution in [0.25, 0.3) is 10.9 Å². The Labute approximate surface area is 152 Å². The van der Waals surface area contributed by atoms with E-state index >= 15 is 0 Å². The van der Waals surface area contributed by atoms with E-state index < -0.39 is 5.97 Å². The summed E-state index contributed by atoms with van der Waals surface area (Å²) in [6.45, 7) is 8.30. The molecule has 136 valence electrons. The number of esters is 1. The Bertz CT molecular complexity index is 965. The normalized spacial score (nSPS) is 11.0. The topological polar surface area (TPSA) is 81.4 Å². The minimum atomic E-state index is -0.397. The van der Waals surface area contributed by atoms with E-state index in [1.54, 1.807) is 20.0 Å². The third-order valence-corrected chi connectivity index (χ3v) is 4.36. The van der Waals surface area contributed by atoms with Gasteiger partial charge in [0.15, 0.2) is 5.82 Å². The molecule has 7 heteroatoms. The lowest BCUT2D eigenvalue weighted by molar-refractivity contribution is 0.0527. The first kappa shape index (κ1) is 17.8. The van der Waals surface area contributed by atoms with Gasteiger partial charge < -0.3 is 14.2 Å². The van der Waals surface area contributed by atoms with E-state index in [-0.39, 0.29) is 0 Å². The van der Waals surface area contributed by atoms with Crippen LogP contribution in [0.3, 0.4) is 0 Å². The van der Waals surface area contributed by atoms with Gasteiger partial charge in [0.2, 0.25) is 5.89 Å². The lowest BCUT2D eigenvalue weighted by Crippen LogP contribution is -2.22. The molecule has 0 fully saturated rings. The Hall–Kier alpha value is -2.96. The summed E-state index contributed by atoms with van der Waals surface area (Å²) in [4.78, 5) is 23.2. The molecule has 7 nitrogen and oxygen atoms in total. The molecule has 2 aromatic heterocycles. The molecule has 0 aliphatic heterocycles. The number of aryl methyl sites for hydroxylation is 3. The fourth-order valence-electron chi connectivity index (χ4n) is 2.96. The summed E-state index contributed by atoms with van der Waals surface area (Å²) in [5.74, 6) is 0.657. The van der Waals surface area contributed by atoms with E-state index in [4.69, 9.17) is 9.26 Å². The molecule has 0 amide bonds. The maximum absolute atomic E-state index is 12.5. The highest BCUT2D eigenvalue weighted by atomic mass is 16.5. The van der Waals surface area contributed by atoms with Gasteiger partial charge in [0, 0.05) is 25.6 Å². The SMILES string of the molecule is CCOC(=O)c1cnc2c(C)c(C)ccc2c1N(C)Cc1noc(C)n1. The van der Waals surface area contributed by atoms with Gasteiger partial charge in [-0.25, -0.2) is 4.79 Å². The lowest BCUT2D eigenvalue weighted by atomic mass is 10.0. The Balaban J connectivity index is 2.16. The molecule has 3 aromatic rings. The number of hydrogen-bond donors (Lipinski definition) is 0. The number of carbonyl (C=O) groups is 1. The van der Waals surface area contributed by atoms with E-state index in [1.807, 2.05) is 37.9 Å². The summed E-state index contributed by atoms with van der Waals surface area (Å²) in [7, 11) is 1.89. The molecule has 0 saturated heterocycles. The van der Waals surface area contributed by atoms with Gasteiger partial charge in [-0.15, -0.1) is 0 Å². The monoisotopic (exact) mass is 354 g/mol. The molecule has 0 N–H and O–H groups in total. The second kappa shape index (κ2) is 7.11. The Kier molecular flexibility index (Phi) is 4.88. The van der Waals surface area contributed by atoms with E-state index in [0.29, 0.717) is 30.4 Å². The summed E-state index contributed by atoms with van der Waals surface area (Å²) in [6, 6.07) is 4.02. The van der Waals surface area contributed by atoms with Gasteiger partial charge in [0.1, 0.15) is 5.56 Å². The maximum atomic E-state index is 12.5. The summed E-state index contributed by atoms with van der Waals surface area (Å²) >= 11 is 0. The Morgan fingerprint density at radius 2 is 2.04 bits per heavy atom. The first-order chi connectivity index (χ1) is 12.4. The highest BCUT2D eigenvalue weighted by molar-refractivity contribution is 6.06. The van der Waals surface area contributed by atoms with Crippen molar-refractivity contribution in [1.82, 2.24) is 15.1 Å². The van der Waals surface area contributed by atoms with Crippen molar-refractivity contribution in [2.24, 2.45) is 0 Å². The molecule has 26 heavy (non-hydrogen) atoms. The second-order valence-corrected chi connectivity index (χ2v) is 6.23. The number of nitrogens with zero attached hydrogens (tertiary/aromatic N) is 4. The molecule has 0 spiro atoms. The van der Waals surface area contributed by atoms with Crippen LogP contribution in [-0.2, 0) is 11.3 Å². The van der Waals surface area contributed by atoms with Crippen LogP contribution in [0.5, 0.6) is 0 Å². The average Bonchev–Trinajstić information content (AvgIpc) is 3.02. The van der Waals surface area contributed by atoms with Crippen LogP contribution in [0.15, 0.2) is 22.9 Å². The predicted molar refractivity (Wildman–Crippen MR) is 98.3 cm³/mol. The zero-order chi connectivity index (χ0) is 18.8. The number of aromatic nitrogens is 3. The number of benzene rings is 1. The molecule has 0 radical (unpaired) electrons. The van der Waals surface area contributed by atoms with Crippen LogP contribution in [0.2, 0.25) is 0 Å². The molecule has 0 saturated carbocycles. The van der Waals surface area contributed by atoms with Gasteiger partial charge in [-0.2, -0.15) is 4.98 Å². The number of fused-ring (bicyclic) bond motifs is 1. The summed E-state index contributed by atoms with van der Waals surface area (Å²) in [5, 5.41) is 4.83. The lowest BCUT2D eigenvalue weighted by Gasteiger charge is -2.23. The zero-order valence-electron chi connectivity index (χ0n) is 15.7. The number of pyridine rings is 1.